The Labute approximate surface area is 105 Å². The first kappa shape index (κ1) is 14.2. The summed E-state index contributed by atoms with van der Waals surface area (Å²) >= 11 is 0. The molecule has 2 nitrogen and oxygen atoms in total. The highest BCUT2D eigenvalue weighted by Gasteiger charge is 2.17. The van der Waals surface area contributed by atoms with Gasteiger partial charge in [0.15, 0.2) is 0 Å². The minimum absolute atomic E-state index is 0.341. The van der Waals surface area contributed by atoms with Crippen molar-refractivity contribution in [3.63, 3.8) is 0 Å². The molecule has 0 saturated carbocycles. The van der Waals surface area contributed by atoms with Gasteiger partial charge in [-0.3, -0.25) is 0 Å². The van der Waals surface area contributed by atoms with Gasteiger partial charge in [0, 0.05) is 6.54 Å². The summed E-state index contributed by atoms with van der Waals surface area (Å²) in [5.41, 5.74) is 12.2. The normalized spacial score (nSPS) is 14.8. The number of aliphatic hydroxyl groups excluding tert-OH is 1. The molecule has 0 aliphatic rings. The fraction of sp³-hybridized carbons (Fsp3) is 0.600. The van der Waals surface area contributed by atoms with Gasteiger partial charge in [-0.05, 0) is 67.9 Å². The molecule has 0 amide bonds. The zero-order valence-electron chi connectivity index (χ0n) is 11.7. The Bertz CT molecular complexity index is 372. The number of hydrogen-bond acceptors (Lipinski definition) is 2. The lowest BCUT2D eigenvalue weighted by molar-refractivity contribution is 0.165. The van der Waals surface area contributed by atoms with E-state index in [1.54, 1.807) is 0 Å². The van der Waals surface area contributed by atoms with Crippen molar-refractivity contribution in [3.8, 4) is 0 Å². The summed E-state index contributed by atoms with van der Waals surface area (Å²) in [6.07, 6.45) is 0.339. The first-order chi connectivity index (χ1) is 7.88. The maximum absolute atomic E-state index is 9.69. The molecule has 2 atom stereocenters. The highest BCUT2D eigenvalue weighted by Crippen LogP contribution is 2.30. The van der Waals surface area contributed by atoms with Crippen molar-refractivity contribution in [1.82, 2.24) is 0 Å². The van der Waals surface area contributed by atoms with E-state index in [9.17, 15) is 5.11 Å². The molecule has 0 saturated heterocycles. The van der Waals surface area contributed by atoms with Crippen molar-refractivity contribution in [2.24, 2.45) is 5.73 Å². The SMILES string of the molecule is Cc1cc(C)c(C)c(C(C)CC(O)CN)c1C. The van der Waals surface area contributed by atoms with E-state index in [1.165, 1.54) is 27.8 Å². The predicted octanol–water partition coefficient (Wildman–Crippen LogP) is 2.73. The number of nitrogens with two attached hydrogens (primary N) is 1. The first-order valence-corrected chi connectivity index (χ1v) is 6.33. The lowest BCUT2D eigenvalue weighted by atomic mass is 9.84. The smallest absolute Gasteiger partial charge is 0.0668 e. The Kier molecular flexibility index (Phi) is 4.72. The second kappa shape index (κ2) is 5.65. The molecular formula is C15H25NO. The largest absolute Gasteiger partial charge is 0.392 e. The summed E-state index contributed by atoms with van der Waals surface area (Å²) in [5.74, 6) is 0.354. The average Bonchev–Trinajstić information content (AvgIpc) is 2.26. The third-order valence-corrected chi connectivity index (χ3v) is 3.81. The zero-order valence-corrected chi connectivity index (χ0v) is 11.7. The highest BCUT2D eigenvalue weighted by molar-refractivity contribution is 5.45. The number of benzene rings is 1. The molecule has 17 heavy (non-hydrogen) atoms. The van der Waals surface area contributed by atoms with Crippen LogP contribution in [0.1, 0.15) is 47.1 Å². The van der Waals surface area contributed by atoms with E-state index in [-0.39, 0.29) is 0 Å². The van der Waals surface area contributed by atoms with Crippen LogP contribution in [-0.4, -0.2) is 17.8 Å². The van der Waals surface area contributed by atoms with E-state index < -0.39 is 6.10 Å². The molecule has 0 aliphatic heterocycles. The molecular weight excluding hydrogens is 210 g/mol. The molecule has 3 N–H and O–H groups in total. The standard InChI is InChI=1S/C15H25NO/c1-9-6-10(2)13(5)15(12(9)4)11(3)7-14(17)8-16/h6,11,14,17H,7-8,16H2,1-5H3. The maximum atomic E-state index is 9.69. The van der Waals surface area contributed by atoms with Gasteiger partial charge in [0.05, 0.1) is 6.10 Å². The van der Waals surface area contributed by atoms with Crippen molar-refractivity contribution in [2.75, 3.05) is 6.54 Å². The van der Waals surface area contributed by atoms with E-state index in [4.69, 9.17) is 5.73 Å². The molecule has 0 aromatic heterocycles. The predicted molar refractivity (Wildman–Crippen MR) is 73.5 cm³/mol. The van der Waals surface area contributed by atoms with Crippen LogP contribution in [0.25, 0.3) is 0 Å². The molecule has 2 unspecified atom stereocenters. The van der Waals surface area contributed by atoms with Crippen molar-refractivity contribution < 1.29 is 5.11 Å². The molecule has 0 heterocycles. The quantitative estimate of drug-likeness (QED) is 0.843. The Hall–Kier alpha value is -0.860. The van der Waals surface area contributed by atoms with Crippen LogP contribution < -0.4 is 5.73 Å². The van der Waals surface area contributed by atoms with Gasteiger partial charge in [0.1, 0.15) is 0 Å². The molecule has 0 spiro atoms. The van der Waals surface area contributed by atoms with Crippen LogP contribution in [0.4, 0.5) is 0 Å². The maximum Gasteiger partial charge on any atom is 0.0668 e. The molecule has 96 valence electrons. The van der Waals surface area contributed by atoms with Gasteiger partial charge >= 0.3 is 0 Å². The Morgan fingerprint density at radius 2 is 1.59 bits per heavy atom. The van der Waals surface area contributed by atoms with Crippen molar-refractivity contribution in [2.45, 2.75) is 53.1 Å². The van der Waals surface area contributed by atoms with E-state index >= 15 is 0 Å². The Morgan fingerprint density at radius 3 is 2.00 bits per heavy atom. The van der Waals surface area contributed by atoms with Crippen LogP contribution in [-0.2, 0) is 0 Å². The molecule has 0 bridgehead atoms. The summed E-state index contributed by atoms with van der Waals surface area (Å²) in [7, 11) is 0. The fourth-order valence-corrected chi connectivity index (χ4v) is 2.61. The Balaban J connectivity index is 3.12. The van der Waals surface area contributed by atoms with Gasteiger partial charge in [0.25, 0.3) is 0 Å². The average molecular weight is 235 g/mol. The van der Waals surface area contributed by atoms with Gasteiger partial charge in [0.2, 0.25) is 0 Å². The molecule has 1 aromatic rings. The summed E-state index contributed by atoms with van der Waals surface area (Å²) in [5, 5.41) is 9.69. The van der Waals surface area contributed by atoms with E-state index in [0.717, 1.165) is 6.42 Å². The molecule has 1 rings (SSSR count). The van der Waals surface area contributed by atoms with Gasteiger partial charge in [-0.1, -0.05) is 13.0 Å². The first-order valence-electron chi connectivity index (χ1n) is 6.33. The number of rotatable bonds is 4. The minimum Gasteiger partial charge on any atom is -0.392 e. The summed E-state index contributed by atoms with van der Waals surface area (Å²) in [6, 6.07) is 2.24. The van der Waals surface area contributed by atoms with Crippen LogP contribution in [0, 0.1) is 27.7 Å². The van der Waals surface area contributed by atoms with E-state index in [1.807, 2.05) is 0 Å². The second-order valence-corrected chi connectivity index (χ2v) is 5.20. The summed E-state index contributed by atoms with van der Waals surface area (Å²) in [4.78, 5) is 0. The van der Waals surface area contributed by atoms with Crippen LogP contribution >= 0.6 is 0 Å². The summed E-state index contributed by atoms with van der Waals surface area (Å²) in [6.45, 7) is 11.2. The second-order valence-electron chi connectivity index (χ2n) is 5.20. The van der Waals surface area contributed by atoms with Crippen molar-refractivity contribution in [1.29, 1.82) is 0 Å². The van der Waals surface area contributed by atoms with Gasteiger partial charge < -0.3 is 10.8 Å². The fourth-order valence-electron chi connectivity index (χ4n) is 2.61. The van der Waals surface area contributed by atoms with Crippen molar-refractivity contribution >= 4 is 0 Å². The molecule has 0 fully saturated rings. The Morgan fingerprint density at radius 1 is 1.12 bits per heavy atom. The zero-order chi connectivity index (χ0) is 13.2. The van der Waals surface area contributed by atoms with Gasteiger partial charge in [-0.15, -0.1) is 0 Å². The van der Waals surface area contributed by atoms with Crippen LogP contribution in [0.15, 0.2) is 6.07 Å². The van der Waals surface area contributed by atoms with E-state index in [0.29, 0.717) is 12.5 Å². The third kappa shape index (κ3) is 3.08. The molecule has 1 aromatic carbocycles. The number of aryl methyl sites for hydroxylation is 2. The highest BCUT2D eigenvalue weighted by atomic mass is 16.3. The van der Waals surface area contributed by atoms with Gasteiger partial charge in [-0.25, -0.2) is 0 Å². The lowest BCUT2D eigenvalue weighted by Gasteiger charge is -2.22. The topological polar surface area (TPSA) is 46.2 Å². The monoisotopic (exact) mass is 235 g/mol. The molecule has 2 heteroatoms. The van der Waals surface area contributed by atoms with Crippen molar-refractivity contribution in [3.05, 3.63) is 33.9 Å². The lowest BCUT2D eigenvalue weighted by Crippen LogP contribution is -2.22. The van der Waals surface area contributed by atoms with Crippen LogP contribution in [0.3, 0.4) is 0 Å². The molecule has 0 aliphatic carbocycles. The number of aliphatic hydroxyl groups is 1. The van der Waals surface area contributed by atoms with Gasteiger partial charge in [-0.2, -0.15) is 0 Å². The summed E-state index contributed by atoms with van der Waals surface area (Å²) < 4.78 is 0. The van der Waals surface area contributed by atoms with Crippen LogP contribution in [0.2, 0.25) is 0 Å². The van der Waals surface area contributed by atoms with Crippen LogP contribution in [0.5, 0.6) is 0 Å². The molecule has 0 radical (unpaired) electrons. The third-order valence-electron chi connectivity index (χ3n) is 3.81. The van der Waals surface area contributed by atoms with E-state index in [2.05, 4.69) is 40.7 Å². The minimum atomic E-state index is -0.399. The number of hydrogen-bond donors (Lipinski definition) is 2.